The fourth-order valence-corrected chi connectivity index (χ4v) is 2.88. The molecule has 2 unspecified atom stereocenters. The van der Waals surface area contributed by atoms with Crippen LogP contribution in [0.1, 0.15) is 52.8 Å². The highest BCUT2D eigenvalue weighted by atomic mass is 15.4. The highest BCUT2D eigenvalue weighted by Crippen LogP contribution is 2.25. The van der Waals surface area contributed by atoms with Crippen molar-refractivity contribution in [1.82, 2.24) is 25.0 Å². The second kappa shape index (κ2) is 6.68. The number of nitrogens with one attached hydrogen (secondary N) is 1. The van der Waals surface area contributed by atoms with E-state index in [9.17, 15) is 0 Å². The second-order valence-corrected chi connectivity index (χ2v) is 6.12. The normalized spacial score (nSPS) is 27.9. The first-order chi connectivity index (χ1) is 9.62. The van der Waals surface area contributed by atoms with E-state index in [1.165, 1.54) is 6.42 Å². The smallest absolute Gasteiger partial charge is 0.141 e. The highest BCUT2D eigenvalue weighted by molar-refractivity contribution is 4.98. The molecule has 0 spiro atoms. The molecule has 20 heavy (non-hydrogen) atoms. The SMILES string of the molecule is CCCn1ncnc1CN1CC(CC)NCC1(C)CC. The predicted octanol–water partition coefficient (Wildman–Crippen LogP) is 2.04. The molecule has 2 rings (SSSR count). The topological polar surface area (TPSA) is 46.0 Å². The van der Waals surface area contributed by atoms with Gasteiger partial charge in [-0.25, -0.2) is 9.67 Å². The lowest BCUT2D eigenvalue weighted by molar-refractivity contribution is 0.0374. The zero-order chi connectivity index (χ0) is 14.6. The molecular formula is C15H29N5. The zero-order valence-electron chi connectivity index (χ0n) is 13.4. The predicted molar refractivity (Wildman–Crippen MR) is 81.5 cm³/mol. The van der Waals surface area contributed by atoms with E-state index in [0.29, 0.717) is 6.04 Å². The third kappa shape index (κ3) is 3.20. The largest absolute Gasteiger partial charge is 0.311 e. The molecule has 0 aliphatic carbocycles. The molecule has 1 saturated heterocycles. The third-order valence-corrected chi connectivity index (χ3v) is 4.69. The van der Waals surface area contributed by atoms with Crippen molar-refractivity contribution in [3.8, 4) is 0 Å². The van der Waals surface area contributed by atoms with Crippen LogP contribution in [0.4, 0.5) is 0 Å². The van der Waals surface area contributed by atoms with Gasteiger partial charge in [0, 0.05) is 31.2 Å². The van der Waals surface area contributed by atoms with Crippen molar-refractivity contribution in [2.24, 2.45) is 0 Å². The summed E-state index contributed by atoms with van der Waals surface area (Å²) in [6.07, 6.45) is 5.12. The number of aryl methyl sites for hydroxylation is 1. The van der Waals surface area contributed by atoms with E-state index in [2.05, 4.69) is 52.7 Å². The number of hydrogen-bond acceptors (Lipinski definition) is 4. The lowest BCUT2D eigenvalue weighted by atomic mass is 9.91. The van der Waals surface area contributed by atoms with E-state index in [-0.39, 0.29) is 5.54 Å². The van der Waals surface area contributed by atoms with Gasteiger partial charge in [-0.2, -0.15) is 5.10 Å². The first-order valence-electron chi connectivity index (χ1n) is 7.98. The quantitative estimate of drug-likeness (QED) is 0.865. The van der Waals surface area contributed by atoms with Crippen molar-refractivity contribution < 1.29 is 0 Å². The van der Waals surface area contributed by atoms with Crippen LogP contribution in [0, 0.1) is 0 Å². The average Bonchev–Trinajstić information content (AvgIpc) is 2.89. The number of aromatic nitrogens is 3. The summed E-state index contributed by atoms with van der Waals surface area (Å²) in [5, 5.41) is 8.02. The number of nitrogens with zero attached hydrogens (tertiary/aromatic N) is 4. The molecule has 1 N–H and O–H groups in total. The summed E-state index contributed by atoms with van der Waals surface area (Å²) >= 11 is 0. The van der Waals surface area contributed by atoms with Crippen LogP contribution in [0.15, 0.2) is 6.33 Å². The van der Waals surface area contributed by atoms with Gasteiger partial charge in [-0.05, 0) is 26.2 Å². The van der Waals surface area contributed by atoms with Crippen LogP contribution in [0.25, 0.3) is 0 Å². The lowest BCUT2D eigenvalue weighted by Gasteiger charge is -2.47. The van der Waals surface area contributed by atoms with Crippen molar-refractivity contribution in [3.05, 3.63) is 12.2 Å². The van der Waals surface area contributed by atoms with Crippen LogP contribution < -0.4 is 5.32 Å². The van der Waals surface area contributed by atoms with Gasteiger partial charge >= 0.3 is 0 Å². The molecule has 0 radical (unpaired) electrons. The van der Waals surface area contributed by atoms with Crippen molar-refractivity contribution in [2.45, 2.75) is 71.6 Å². The molecule has 5 nitrogen and oxygen atoms in total. The van der Waals surface area contributed by atoms with Crippen molar-refractivity contribution >= 4 is 0 Å². The van der Waals surface area contributed by atoms with E-state index >= 15 is 0 Å². The van der Waals surface area contributed by atoms with Gasteiger partial charge in [-0.3, -0.25) is 4.90 Å². The van der Waals surface area contributed by atoms with Gasteiger partial charge in [-0.1, -0.05) is 20.8 Å². The van der Waals surface area contributed by atoms with Gasteiger partial charge in [0.25, 0.3) is 0 Å². The first kappa shape index (κ1) is 15.4. The summed E-state index contributed by atoms with van der Waals surface area (Å²) < 4.78 is 2.05. The fourth-order valence-electron chi connectivity index (χ4n) is 2.88. The molecule has 1 fully saturated rings. The maximum absolute atomic E-state index is 4.47. The molecule has 1 aromatic rings. The molecule has 0 amide bonds. The monoisotopic (exact) mass is 279 g/mol. The summed E-state index contributed by atoms with van der Waals surface area (Å²) in [6, 6.07) is 0.595. The van der Waals surface area contributed by atoms with Gasteiger partial charge < -0.3 is 5.32 Å². The van der Waals surface area contributed by atoms with E-state index < -0.39 is 0 Å². The molecule has 2 atom stereocenters. The summed E-state index contributed by atoms with van der Waals surface area (Å²) in [5.74, 6) is 1.10. The van der Waals surface area contributed by atoms with E-state index in [4.69, 9.17) is 0 Å². The molecule has 0 bridgehead atoms. The zero-order valence-corrected chi connectivity index (χ0v) is 13.4. The second-order valence-electron chi connectivity index (χ2n) is 6.12. The van der Waals surface area contributed by atoms with E-state index in [1.54, 1.807) is 6.33 Å². The van der Waals surface area contributed by atoms with Crippen molar-refractivity contribution in [1.29, 1.82) is 0 Å². The van der Waals surface area contributed by atoms with Gasteiger partial charge in [0.1, 0.15) is 12.2 Å². The number of rotatable bonds is 6. The molecule has 114 valence electrons. The summed E-state index contributed by atoms with van der Waals surface area (Å²) in [7, 11) is 0. The third-order valence-electron chi connectivity index (χ3n) is 4.69. The highest BCUT2D eigenvalue weighted by Gasteiger charge is 2.36. The fraction of sp³-hybridized carbons (Fsp3) is 0.867. The Morgan fingerprint density at radius 2 is 2.20 bits per heavy atom. The van der Waals surface area contributed by atoms with Crippen LogP contribution in [-0.4, -0.2) is 44.3 Å². The van der Waals surface area contributed by atoms with Gasteiger partial charge in [-0.15, -0.1) is 0 Å². The molecule has 1 aromatic heterocycles. The Morgan fingerprint density at radius 3 is 2.85 bits per heavy atom. The average molecular weight is 279 g/mol. The minimum Gasteiger partial charge on any atom is -0.311 e. The maximum atomic E-state index is 4.47. The Hall–Kier alpha value is -0.940. The summed E-state index contributed by atoms with van der Waals surface area (Å²) in [5.41, 5.74) is 0.217. The van der Waals surface area contributed by atoms with Gasteiger partial charge in [0.2, 0.25) is 0 Å². The van der Waals surface area contributed by atoms with Crippen LogP contribution in [0.3, 0.4) is 0 Å². The van der Waals surface area contributed by atoms with Crippen LogP contribution in [-0.2, 0) is 13.1 Å². The van der Waals surface area contributed by atoms with Crippen molar-refractivity contribution in [3.63, 3.8) is 0 Å². The Bertz CT molecular complexity index is 416. The Balaban J connectivity index is 2.12. The molecule has 1 aliphatic heterocycles. The maximum Gasteiger partial charge on any atom is 0.141 e. The van der Waals surface area contributed by atoms with Crippen LogP contribution in [0.2, 0.25) is 0 Å². The standard InChI is InChI=1S/C15H29N5/c1-5-8-20-14(17-12-18-20)10-19-9-13(6-2)16-11-15(19,4)7-3/h12-13,16H,5-11H2,1-4H3. The number of piperazine rings is 1. The van der Waals surface area contributed by atoms with Crippen LogP contribution in [0.5, 0.6) is 0 Å². The molecule has 2 heterocycles. The molecule has 5 heteroatoms. The number of hydrogen-bond donors (Lipinski definition) is 1. The minimum atomic E-state index is 0.217. The molecule has 0 aromatic carbocycles. The molecule has 1 aliphatic rings. The van der Waals surface area contributed by atoms with E-state index in [1.807, 2.05) is 0 Å². The lowest BCUT2D eigenvalue weighted by Crippen LogP contribution is -2.62. The van der Waals surface area contributed by atoms with Gasteiger partial charge in [0.15, 0.2) is 0 Å². The first-order valence-corrected chi connectivity index (χ1v) is 7.98. The van der Waals surface area contributed by atoms with Crippen LogP contribution >= 0.6 is 0 Å². The Kier molecular flexibility index (Phi) is 5.16. The summed E-state index contributed by atoms with van der Waals surface area (Å²) in [4.78, 5) is 7.06. The molecule has 0 saturated carbocycles. The Morgan fingerprint density at radius 1 is 1.40 bits per heavy atom. The van der Waals surface area contributed by atoms with E-state index in [0.717, 1.165) is 44.8 Å². The minimum absolute atomic E-state index is 0.217. The molecular weight excluding hydrogens is 250 g/mol. The van der Waals surface area contributed by atoms with Crippen molar-refractivity contribution in [2.75, 3.05) is 13.1 Å². The van der Waals surface area contributed by atoms with Gasteiger partial charge in [0.05, 0.1) is 6.54 Å². The summed E-state index contributed by atoms with van der Waals surface area (Å²) in [6.45, 7) is 13.1. The Labute approximate surface area is 122 Å².